The Bertz CT molecular complexity index is 943. The second-order valence-electron chi connectivity index (χ2n) is 4.42. The summed E-state index contributed by atoms with van der Waals surface area (Å²) < 4.78 is 1.45. The molecule has 0 bridgehead atoms. The molecule has 4 rings (SSSR count). The summed E-state index contributed by atoms with van der Waals surface area (Å²) in [5.41, 5.74) is 1.75. The van der Waals surface area contributed by atoms with E-state index in [1.165, 1.54) is 4.57 Å². The number of benzene rings is 1. The van der Waals surface area contributed by atoms with E-state index in [2.05, 4.69) is 15.1 Å². The predicted octanol–water partition coefficient (Wildman–Crippen LogP) is 1.32. The predicted molar refractivity (Wildman–Crippen MR) is 72.6 cm³/mol. The molecule has 1 aliphatic heterocycles. The van der Waals surface area contributed by atoms with Crippen molar-refractivity contribution in [3.05, 3.63) is 64.3 Å². The molecular weight excluding hydrogens is 256 g/mol. The van der Waals surface area contributed by atoms with Crippen LogP contribution in [-0.4, -0.2) is 25.5 Å². The Morgan fingerprint density at radius 2 is 2.00 bits per heavy atom. The smallest absolute Gasteiger partial charge is 0.267 e. The molecule has 0 saturated carbocycles. The highest BCUT2D eigenvalue weighted by Crippen LogP contribution is 2.25. The van der Waals surface area contributed by atoms with Crippen LogP contribution in [0.2, 0.25) is 0 Å². The van der Waals surface area contributed by atoms with E-state index in [4.69, 9.17) is 0 Å². The first kappa shape index (κ1) is 10.9. The van der Waals surface area contributed by atoms with Gasteiger partial charge >= 0.3 is 0 Å². The maximum absolute atomic E-state index is 12.6. The molecule has 1 aromatic carbocycles. The highest BCUT2D eigenvalue weighted by Gasteiger charge is 2.28. The van der Waals surface area contributed by atoms with Gasteiger partial charge in [0.2, 0.25) is 0 Å². The molecular formula is C14H8N4O2. The lowest BCUT2D eigenvalue weighted by atomic mass is 10.1. The number of oxime groups is 1. The maximum atomic E-state index is 12.6. The summed E-state index contributed by atoms with van der Waals surface area (Å²) in [6, 6.07) is 10.6. The minimum Gasteiger partial charge on any atom is -0.410 e. The van der Waals surface area contributed by atoms with Crippen LogP contribution in [0.15, 0.2) is 52.5 Å². The number of hydrogen-bond donors (Lipinski definition) is 1. The summed E-state index contributed by atoms with van der Waals surface area (Å²) in [5.74, 6) is 0.310. The summed E-state index contributed by atoms with van der Waals surface area (Å²) in [7, 11) is 0. The number of fused-ring (bicyclic) bond motifs is 4. The van der Waals surface area contributed by atoms with Crippen LogP contribution < -0.4 is 5.56 Å². The van der Waals surface area contributed by atoms with Crippen molar-refractivity contribution in [2.24, 2.45) is 5.16 Å². The van der Waals surface area contributed by atoms with Gasteiger partial charge in [-0.1, -0.05) is 23.4 Å². The molecule has 0 amide bonds. The van der Waals surface area contributed by atoms with Gasteiger partial charge in [-0.15, -0.1) is 0 Å². The third-order valence-corrected chi connectivity index (χ3v) is 3.36. The van der Waals surface area contributed by atoms with Gasteiger partial charge < -0.3 is 5.21 Å². The monoisotopic (exact) mass is 264 g/mol. The van der Waals surface area contributed by atoms with Crippen LogP contribution in [0, 0.1) is 0 Å². The van der Waals surface area contributed by atoms with Gasteiger partial charge in [-0.05, 0) is 18.2 Å². The third kappa shape index (κ3) is 1.22. The van der Waals surface area contributed by atoms with E-state index in [1.807, 2.05) is 12.1 Å². The number of rotatable bonds is 0. The van der Waals surface area contributed by atoms with Crippen LogP contribution in [0.5, 0.6) is 0 Å². The molecule has 96 valence electrons. The SMILES string of the molecule is O=c1c2cccnc2nc2n1-c1ccccc1/C2=N\O. The lowest BCUT2D eigenvalue weighted by Gasteiger charge is -2.04. The zero-order valence-electron chi connectivity index (χ0n) is 10.2. The number of aromatic nitrogens is 3. The zero-order chi connectivity index (χ0) is 13.7. The van der Waals surface area contributed by atoms with E-state index in [-0.39, 0.29) is 11.3 Å². The lowest BCUT2D eigenvalue weighted by Crippen LogP contribution is -2.22. The summed E-state index contributed by atoms with van der Waals surface area (Å²) in [4.78, 5) is 21.0. The van der Waals surface area contributed by atoms with Gasteiger partial charge in [0.25, 0.3) is 5.56 Å². The molecule has 0 fully saturated rings. The first-order chi connectivity index (χ1) is 9.81. The van der Waals surface area contributed by atoms with E-state index in [0.717, 1.165) is 0 Å². The molecule has 20 heavy (non-hydrogen) atoms. The quantitative estimate of drug-likeness (QED) is 0.383. The van der Waals surface area contributed by atoms with Crippen molar-refractivity contribution < 1.29 is 5.21 Å². The van der Waals surface area contributed by atoms with Gasteiger partial charge in [-0.25, -0.2) is 9.97 Å². The average Bonchev–Trinajstić information content (AvgIpc) is 2.81. The van der Waals surface area contributed by atoms with Crippen molar-refractivity contribution in [3.8, 4) is 5.69 Å². The minimum atomic E-state index is -0.218. The molecule has 2 aromatic heterocycles. The summed E-state index contributed by atoms with van der Waals surface area (Å²) >= 11 is 0. The number of para-hydroxylation sites is 1. The summed E-state index contributed by atoms with van der Waals surface area (Å²) in [6.45, 7) is 0. The third-order valence-electron chi connectivity index (χ3n) is 3.36. The lowest BCUT2D eigenvalue weighted by molar-refractivity contribution is 0.319. The highest BCUT2D eigenvalue weighted by molar-refractivity contribution is 6.16. The molecule has 6 heteroatoms. The summed E-state index contributed by atoms with van der Waals surface area (Å²) in [5, 5.41) is 13.0. The fraction of sp³-hybridized carbons (Fsp3) is 0. The Balaban J connectivity index is 2.24. The molecule has 6 nitrogen and oxygen atoms in total. The van der Waals surface area contributed by atoms with E-state index >= 15 is 0 Å². The normalized spacial score (nSPS) is 14.5. The second kappa shape index (κ2) is 3.74. The summed E-state index contributed by atoms with van der Waals surface area (Å²) in [6.07, 6.45) is 1.57. The van der Waals surface area contributed by atoms with Crippen LogP contribution in [0.25, 0.3) is 16.7 Å². The van der Waals surface area contributed by atoms with Crippen molar-refractivity contribution in [1.29, 1.82) is 0 Å². The number of nitrogens with zero attached hydrogens (tertiary/aromatic N) is 4. The minimum absolute atomic E-state index is 0.218. The topological polar surface area (TPSA) is 80.4 Å². The highest BCUT2D eigenvalue weighted by atomic mass is 16.4. The van der Waals surface area contributed by atoms with Gasteiger partial charge in [0.15, 0.2) is 17.2 Å². The molecule has 0 radical (unpaired) electrons. The van der Waals surface area contributed by atoms with Crippen LogP contribution in [0.3, 0.4) is 0 Å². The van der Waals surface area contributed by atoms with Crippen LogP contribution in [0.4, 0.5) is 0 Å². The molecule has 0 unspecified atom stereocenters. The van der Waals surface area contributed by atoms with Gasteiger partial charge in [0, 0.05) is 11.8 Å². The Hall–Kier alpha value is -3.02. The zero-order valence-corrected chi connectivity index (χ0v) is 10.2. The Labute approximate surface area is 112 Å². The van der Waals surface area contributed by atoms with Crippen LogP contribution in [0.1, 0.15) is 11.4 Å². The average molecular weight is 264 g/mol. The van der Waals surface area contributed by atoms with Gasteiger partial charge in [-0.2, -0.15) is 0 Å². The van der Waals surface area contributed by atoms with E-state index < -0.39 is 0 Å². The Morgan fingerprint density at radius 1 is 1.15 bits per heavy atom. The molecule has 1 N–H and O–H groups in total. The van der Waals surface area contributed by atoms with Gasteiger partial charge in [-0.3, -0.25) is 9.36 Å². The van der Waals surface area contributed by atoms with E-state index in [0.29, 0.717) is 28.1 Å². The van der Waals surface area contributed by atoms with Crippen molar-refractivity contribution in [3.63, 3.8) is 0 Å². The van der Waals surface area contributed by atoms with Gasteiger partial charge in [0.05, 0.1) is 11.1 Å². The Kier molecular flexibility index (Phi) is 2.03. The second-order valence-corrected chi connectivity index (χ2v) is 4.42. The van der Waals surface area contributed by atoms with Crippen LogP contribution >= 0.6 is 0 Å². The van der Waals surface area contributed by atoms with Crippen molar-refractivity contribution >= 4 is 16.7 Å². The maximum Gasteiger partial charge on any atom is 0.267 e. The first-order valence-electron chi connectivity index (χ1n) is 6.01. The van der Waals surface area contributed by atoms with Crippen molar-refractivity contribution in [1.82, 2.24) is 14.5 Å². The fourth-order valence-electron chi connectivity index (χ4n) is 2.49. The molecule has 3 aromatic rings. The molecule has 0 saturated heterocycles. The van der Waals surface area contributed by atoms with Crippen molar-refractivity contribution in [2.75, 3.05) is 0 Å². The Morgan fingerprint density at radius 3 is 2.85 bits per heavy atom. The van der Waals surface area contributed by atoms with Crippen LogP contribution in [-0.2, 0) is 0 Å². The largest absolute Gasteiger partial charge is 0.410 e. The number of hydrogen-bond acceptors (Lipinski definition) is 5. The molecule has 0 spiro atoms. The van der Waals surface area contributed by atoms with Crippen molar-refractivity contribution in [2.45, 2.75) is 0 Å². The fourth-order valence-corrected chi connectivity index (χ4v) is 2.49. The first-order valence-corrected chi connectivity index (χ1v) is 6.01. The van der Waals surface area contributed by atoms with E-state index in [9.17, 15) is 10.0 Å². The standard InChI is InChI=1S/C14H8N4O2/c19-14-9-5-3-7-15-12(9)16-13-11(17-20)8-4-1-2-6-10(8)18(13)14/h1-7,20H/b17-11+. The molecule has 1 aliphatic rings. The number of pyridine rings is 1. The molecule has 3 heterocycles. The van der Waals surface area contributed by atoms with Gasteiger partial charge in [0.1, 0.15) is 0 Å². The molecule has 0 aliphatic carbocycles. The van der Waals surface area contributed by atoms with E-state index in [1.54, 1.807) is 30.5 Å². The molecule has 0 atom stereocenters.